The number of anilines is 1. The summed E-state index contributed by atoms with van der Waals surface area (Å²) in [7, 11) is 0. The Morgan fingerprint density at radius 2 is 2.09 bits per heavy atom. The lowest BCUT2D eigenvalue weighted by molar-refractivity contribution is -0.122. The van der Waals surface area contributed by atoms with E-state index >= 15 is 0 Å². The largest absolute Gasteiger partial charge is 0.483 e. The van der Waals surface area contributed by atoms with Gasteiger partial charge in [-0.05, 0) is 33.8 Å². The Labute approximate surface area is 133 Å². The number of carbonyl (C=O) groups is 2. The number of H-pyrrole nitrogens is 1. The first-order valence-corrected chi connectivity index (χ1v) is 6.86. The number of nitrogens with zero attached hydrogens (tertiary/aromatic N) is 2. The minimum absolute atomic E-state index is 0.0565. The zero-order valence-corrected chi connectivity index (χ0v) is 13.6. The molecule has 0 saturated heterocycles. The van der Waals surface area contributed by atoms with E-state index in [9.17, 15) is 4.79 Å². The van der Waals surface area contributed by atoms with Crippen molar-refractivity contribution in [2.75, 3.05) is 5.32 Å². The van der Waals surface area contributed by atoms with Crippen molar-refractivity contribution < 1.29 is 14.7 Å². The van der Waals surface area contributed by atoms with Gasteiger partial charge in [0.25, 0.3) is 12.4 Å². The minimum atomic E-state index is -0.250. The summed E-state index contributed by atoms with van der Waals surface area (Å²) in [6, 6.07) is 1.77. The molecule has 0 aliphatic heterocycles. The number of hydrogen-bond donors (Lipinski definition) is 3. The number of rotatable bonds is 2. The maximum absolute atomic E-state index is 12.1. The van der Waals surface area contributed by atoms with E-state index in [0.29, 0.717) is 16.4 Å². The minimum Gasteiger partial charge on any atom is -0.483 e. The molecule has 0 unspecified atom stereocenters. The zero-order chi connectivity index (χ0) is 16.9. The standard InChI is InChI=1S/C13H17ClN4O.CH2O2/c1-8-10(14)11(17-16-8)15-12(19)9-5-6-18(7-9)13(2,3)4;2-1-3/h5-7H,1-4H3,(H2,15,16,17,19);1H,(H,2,3). The fourth-order valence-corrected chi connectivity index (χ4v) is 1.76. The summed E-state index contributed by atoms with van der Waals surface area (Å²) in [6.07, 6.45) is 3.69. The van der Waals surface area contributed by atoms with Gasteiger partial charge in [-0.1, -0.05) is 11.6 Å². The van der Waals surface area contributed by atoms with Gasteiger partial charge in [0.15, 0.2) is 5.82 Å². The molecule has 2 aromatic rings. The Hall–Kier alpha value is -2.28. The van der Waals surface area contributed by atoms with Crippen LogP contribution in [0.15, 0.2) is 18.5 Å². The van der Waals surface area contributed by atoms with Gasteiger partial charge < -0.3 is 15.0 Å². The van der Waals surface area contributed by atoms with Crippen molar-refractivity contribution >= 4 is 29.8 Å². The molecular weight excluding hydrogens is 308 g/mol. The van der Waals surface area contributed by atoms with Crippen LogP contribution in [0.5, 0.6) is 0 Å². The molecule has 0 atom stereocenters. The van der Waals surface area contributed by atoms with E-state index in [2.05, 4.69) is 36.3 Å². The lowest BCUT2D eigenvalue weighted by Crippen LogP contribution is -2.20. The average Bonchev–Trinajstić information content (AvgIpc) is 3.02. The number of amides is 1. The number of halogens is 1. The van der Waals surface area contributed by atoms with Crippen molar-refractivity contribution in [2.24, 2.45) is 0 Å². The van der Waals surface area contributed by atoms with Crippen molar-refractivity contribution in [3.63, 3.8) is 0 Å². The van der Waals surface area contributed by atoms with Gasteiger partial charge in [-0.25, -0.2) is 0 Å². The van der Waals surface area contributed by atoms with Crippen LogP contribution in [0.25, 0.3) is 0 Å². The van der Waals surface area contributed by atoms with Crippen LogP contribution < -0.4 is 5.32 Å². The lowest BCUT2D eigenvalue weighted by Gasteiger charge is -2.20. The molecule has 2 heterocycles. The number of carboxylic acid groups (broad SMARTS) is 1. The second kappa shape index (κ2) is 7.13. The highest BCUT2D eigenvalue weighted by Crippen LogP contribution is 2.23. The summed E-state index contributed by atoms with van der Waals surface area (Å²) in [5.41, 5.74) is 1.25. The van der Waals surface area contributed by atoms with Gasteiger partial charge in [-0.2, -0.15) is 5.10 Å². The summed E-state index contributed by atoms with van der Waals surface area (Å²) in [5, 5.41) is 16.7. The summed E-state index contributed by atoms with van der Waals surface area (Å²) in [5.74, 6) is 0.129. The predicted octanol–water partition coefficient (Wildman–Crippen LogP) is 2.88. The molecule has 0 aromatic carbocycles. The molecule has 120 valence electrons. The van der Waals surface area contributed by atoms with Gasteiger partial charge in [0.2, 0.25) is 0 Å². The van der Waals surface area contributed by atoms with E-state index in [1.165, 1.54) is 0 Å². The molecule has 22 heavy (non-hydrogen) atoms. The number of carbonyl (C=O) groups excluding carboxylic acids is 1. The smallest absolute Gasteiger partial charge is 0.290 e. The van der Waals surface area contributed by atoms with Crippen molar-refractivity contribution in [1.29, 1.82) is 0 Å². The van der Waals surface area contributed by atoms with Crippen LogP contribution in [-0.4, -0.2) is 32.3 Å². The molecule has 0 saturated carbocycles. The second-order valence-electron chi connectivity index (χ2n) is 5.55. The van der Waals surface area contributed by atoms with E-state index in [0.717, 1.165) is 5.69 Å². The molecule has 0 aliphatic carbocycles. The van der Waals surface area contributed by atoms with Crippen molar-refractivity contribution in [3.05, 3.63) is 34.7 Å². The molecule has 2 aromatic heterocycles. The summed E-state index contributed by atoms with van der Waals surface area (Å²) in [4.78, 5) is 20.4. The highest BCUT2D eigenvalue weighted by molar-refractivity contribution is 6.34. The second-order valence-corrected chi connectivity index (χ2v) is 5.93. The number of hydrogen-bond acceptors (Lipinski definition) is 3. The van der Waals surface area contributed by atoms with Crippen LogP contribution >= 0.6 is 11.6 Å². The molecule has 0 bridgehead atoms. The van der Waals surface area contributed by atoms with E-state index in [1.54, 1.807) is 13.0 Å². The summed E-state index contributed by atoms with van der Waals surface area (Å²) < 4.78 is 1.99. The third-order valence-corrected chi connectivity index (χ3v) is 3.30. The molecule has 2 rings (SSSR count). The molecule has 0 fully saturated rings. The third kappa shape index (κ3) is 4.36. The van der Waals surface area contributed by atoms with Gasteiger partial charge in [-0.3, -0.25) is 14.7 Å². The van der Waals surface area contributed by atoms with Gasteiger partial charge >= 0.3 is 0 Å². The van der Waals surface area contributed by atoms with Crippen LogP contribution in [0.4, 0.5) is 5.82 Å². The normalized spacial score (nSPS) is 10.6. The lowest BCUT2D eigenvalue weighted by atomic mass is 10.1. The first kappa shape index (κ1) is 17.8. The van der Waals surface area contributed by atoms with Crippen LogP contribution in [0.3, 0.4) is 0 Å². The number of aryl methyl sites for hydroxylation is 1. The third-order valence-electron chi connectivity index (χ3n) is 2.83. The molecule has 0 aliphatic rings. The Kier molecular flexibility index (Phi) is 5.76. The van der Waals surface area contributed by atoms with Crippen molar-refractivity contribution in [1.82, 2.24) is 14.8 Å². The van der Waals surface area contributed by atoms with Gasteiger partial charge in [0, 0.05) is 17.9 Å². The number of aromatic nitrogens is 3. The van der Waals surface area contributed by atoms with Crippen LogP contribution in [0.1, 0.15) is 36.8 Å². The van der Waals surface area contributed by atoms with E-state index in [4.69, 9.17) is 21.5 Å². The number of aromatic amines is 1. The Bertz CT molecular complexity index is 655. The van der Waals surface area contributed by atoms with Crippen molar-refractivity contribution in [3.8, 4) is 0 Å². The summed E-state index contributed by atoms with van der Waals surface area (Å²) >= 11 is 6.00. The molecular formula is C14H19ClN4O3. The van der Waals surface area contributed by atoms with E-state index < -0.39 is 0 Å². The molecule has 0 radical (unpaired) electrons. The highest BCUT2D eigenvalue weighted by atomic mass is 35.5. The Morgan fingerprint density at radius 3 is 2.50 bits per heavy atom. The fourth-order valence-electron chi connectivity index (χ4n) is 1.63. The summed E-state index contributed by atoms with van der Waals surface area (Å²) in [6.45, 7) is 7.76. The van der Waals surface area contributed by atoms with Gasteiger partial charge in [0.1, 0.15) is 5.02 Å². The molecule has 0 spiro atoms. The highest BCUT2D eigenvalue weighted by Gasteiger charge is 2.17. The van der Waals surface area contributed by atoms with Crippen LogP contribution in [0, 0.1) is 6.92 Å². The first-order valence-electron chi connectivity index (χ1n) is 6.48. The molecule has 1 amide bonds. The molecule has 8 heteroatoms. The maximum atomic E-state index is 12.1. The van der Waals surface area contributed by atoms with Gasteiger partial charge in [0.05, 0.1) is 11.3 Å². The van der Waals surface area contributed by atoms with Crippen LogP contribution in [-0.2, 0) is 10.3 Å². The molecule has 3 N–H and O–H groups in total. The Morgan fingerprint density at radius 1 is 1.50 bits per heavy atom. The van der Waals surface area contributed by atoms with Crippen LogP contribution in [0.2, 0.25) is 5.02 Å². The quantitative estimate of drug-likeness (QED) is 0.739. The SMILES string of the molecule is Cc1[nH]nc(NC(=O)c2ccn(C(C)(C)C)c2)c1Cl.O=CO. The maximum Gasteiger partial charge on any atom is 0.290 e. The number of nitrogens with one attached hydrogen (secondary N) is 2. The average molecular weight is 327 g/mol. The van der Waals surface area contributed by atoms with Gasteiger partial charge in [-0.15, -0.1) is 0 Å². The zero-order valence-electron chi connectivity index (χ0n) is 12.8. The fraction of sp³-hybridized carbons (Fsp3) is 0.357. The van der Waals surface area contributed by atoms with E-state index in [-0.39, 0.29) is 17.9 Å². The first-order chi connectivity index (χ1) is 10.2. The Balaban J connectivity index is 0.000000745. The topological polar surface area (TPSA) is 100 Å². The van der Waals surface area contributed by atoms with Crippen molar-refractivity contribution in [2.45, 2.75) is 33.2 Å². The monoisotopic (exact) mass is 326 g/mol. The van der Waals surface area contributed by atoms with E-state index in [1.807, 2.05) is 17.0 Å². The predicted molar refractivity (Wildman–Crippen MR) is 84.4 cm³/mol. The molecule has 7 nitrogen and oxygen atoms in total.